The molecular weight excluding hydrogens is 242 g/mol. The third-order valence-corrected chi connectivity index (χ3v) is 3.87. The van der Waals surface area contributed by atoms with Crippen molar-refractivity contribution >= 4 is 11.8 Å². The van der Waals surface area contributed by atoms with Crippen LogP contribution >= 0.6 is 11.8 Å². The van der Waals surface area contributed by atoms with Crippen LogP contribution in [-0.2, 0) is 5.75 Å². The van der Waals surface area contributed by atoms with E-state index in [1.165, 1.54) is 5.56 Å². The minimum Gasteiger partial charge on any atom is -0.316 e. The lowest BCUT2D eigenvalue weighted by molar-refractivity contribution is 0.623. The third-order valence-electron chi connectivity index (χ3n) is 3.00. The number of nitrogens with zero attached hydrogens (tertiary/aromatic N) is 2. The average molecular weight is 267 g/mol. The molecule has 0 aromatic carbocycles. The van der Waals surface area contributed by atoms with Gasteiger partial charge in [0.2, 0.25) is 0 Å². The molecule has 1 aromatic heterocycles. The van der Waals surface area contributed by atoms with Crippen molar-refractivity contribution in [3.05, 3.63) is 22.8 Å². The molecule has 4 heteroatoms. The fourth-order valence-corrected chi connectivity index (χ4v) is 2.74. The van der Waals surface area contributed by atoms with E-state index in [9.17, 15) is 0 Å². The fourth-order valence-electron chi connectivity index (χ4n) is 2.23. The maximum absolute atomic E-state index is 4.64. The van der Waals surface area contributed by atoms with Gasteiger partial charge < -0.3 is 5.32 Å². The van der Waals surface area contributed by atoms with Gasteiger partial charge >= 0.3 is 0 Å². The minimum atomic E-state index is 0.470. The first-order chi connectivity index (χ1) is 8.60. The summed E-state index contributed by atoms with van der Waals surface area (Å²) in [6, 6.07) is 0. The number of thioether (sulfide) groups is 1. The van der Waals surface area contributed by atoms with Crippen LogP contribution in [0.2, 0.25) is 0 Å². The Hall–Kier alpha value is -0.610. The summed E-state index contributed by atoms with van der Waals surface area (Å²) in [5, 5.41) is 3.39. The SMILES string of the molecule is CCNCC(C)c1c(C)nc(CSCC)nc1C. The number of aromatic nitrogens is 2. The molecule has 0 amide bonds. The van der Waals surface area contributed by atoms with Gasteiger partial charge in [0.25, 0.3) is 0 Å². The molecule has 102 valence electrons. The number of aryl methyl sites for hydroxylation is 2. The van der Waals surface area contributed by atoms with E-state index in [1.54, 1.807) is 0 Å². The van der Waals surface area contributed by atoms with Crippen molar-refractivity contribution < 1.29 is 0 Å². The predicted molar refractivity (Wildman–Crippen MR) is 80.3 cm³/mol. The van der Waals surface area contributed by atoms with E-state index in [0.717, 1.165) is 41.8 Å². The summed E-state index contributed by atoms with van der Waals surface area (Å²) in [4.78, 5) is 9.28. The highest BCUT2D eigenvalue weighted by atomic mass is 32.2. The van der Waals surface area contributed by atoms with Gasteiger partial charge in [-0.15, -0.1) is 0 Å². The van der Waals surface area contributed by atoms with E-state index < -0.39 is 0 Å². The van der Waals surface area contributed by atoms with E-state index in [4.69, 9.17) is 0 Å². The molecular formula is C14H25N3S. The van der Waals surface area contributed by atoms with Gasteiger partial charge in [-0.2, -0.15) is 11.8 Å². The Morgan fingerprint density at radius 1 is 1.17 bits per heavy atom. The molecule has 1 atom stereocenters. The molecule has 1 heterocycles. The van der Waals surface area contributed by atoms with E-state index in [1.807, 2.05) is 11.8 Å². The zero-order valence-corrected chi connectivity index (χ0v) is 13.0. The second-order valence-corrected chi connectivity index (χ2v) is 5.84. The summed E-state index contributed by atoms with van der Waals surface area (Å²) in [7, 11) is 0. The molecule has 0 aliphatic heterocycles. The molecule has 3 nitrogen and oxygen atoms in total. The van der Waals surface area contributed by atoms with Crippen LogP contribution in [0.15, 0.2) is 0 Å². The Balaban J connectivity index is 2.86. The zero-order valence-electron chi connectivity index (χ0n) is 12.2. The third kappa shape index (κ3) is 4.25. The maximum atomic E-state index is 4.64. The first-order valence-corrected chi connectivity index (χ1v) is 7.88. The number of hydrogen-bond acceptors (Lipinski definition) is 4. The summed E-state index contributed by atoms with van der Waals surface area (Å²) >= 11 is 1.87. The quantitative estimate of drug-likeness (QED) is 0.824. The van der Waals surface area contributed by atoms with Crippen LogP contribution in [0.4, 0.5) is 0 Å². The second kappa shape index (κ2) is 7.74. The summed E-state index contributed by atoms with van der Waals surface area (Å²) in [6.07, 6.45) is 0. The van der Waals surface area contributed by atoms with E-state index in [-0.39, 0.29) is 0 Å². The highest BCUT2D eigenvalue weighted by molar-refractivity contribution is 7.98. The van der Waals surface area contributed by atoms with Crippen LogP contribution in [-0.4, -0.2) is 28.8 Å². The topological polar surface area (TPSA) is 37.8 Å². The van der Waals surface area contributed by atoms with Gasteiger partial charge in [0.05, 0.1) is 5.75 Å². The van der Waals surface area contributed by atoms with Gasteiger partial charge in [-0.1, -0.05) is 20.8 Å². The molecule has 0 saturated carbocycles. The van der Waals surface area contributed by atoms with Gasteiger partial charge in [-0.25, -0.2) is 9.97 Å². The van der Waals surface area contributed by atoms with Crippen LogP contribution in [0.3, 0.4) is 0 Å². The van der Waals surface area contributed by atoms with E-state index in [0.29, 0.717) is 5.92 Å². The van der Waals surface area contributed by atoms with Gasteiger partial charge in [0.15, 0.2) is 0 Å². The highest BCUT2D eigenvalue weighted by Gasteiger charge is 2.14. The van der Waals surface area contributed by atoms with Crippen molar-refractivity contribution in [1.82, 2.24) is 15.3 Å². The molecule has 1 N–H and O–H groups in total. The van der Waals surface area contributed by atoms with Gasteiger partial charge in [0, 0.05) is 17.9 Å². The Bertz CT molecular complexity index is 356. The van der Waals surface area contributed by atoms with Crippen molar-refractivity contribution in [2.75, 3.05) is 18.8 Å². The molecule has 1 unspecified atom stereocenters. The predicted octanol–water partition coefficient (Wildman–Crippen LogP) is 3.06. The summed E-state index contributed by atoms with van der Waals surface area (Å²) in [5.41, 5.74) is 3.58. The Kier molecular flexibility index (Phi) is 6.65. The molecule has 18 heavy (non-hydrogen) atoms. The number of nitrogens with one attached hydrogen (secondary N) is 1. The van der Waals surface area contributed by atoms with Crippen molar-refractivity contribution in [2.24, 2.45) is 0 Å². The van der Waals surface area contributed by atoms with Crippen LogP contribution in [0.1, 0.15) is 49.5 Å². The van der Waals surface area contributed by atoms with Crippen LogP contribution < -0.4 is 5.32 Å². The zero-order chi connectivity index (χ0) is 13.5. The standard InChI is InChI=1S/C14H25N3S/c1-6-15-8-10(3)14-11(4)16-13(9-18-7-2)17-12(14)5/h10,15H,6-9H2,1-5H3. The van der Waals surface area contributed by atoms with E-state index >= 15 is 0 Å². The lowest BCUT2D eigenvalue weighted by Gasteiger charge is -2.17. The smallest absolute Gasteiger partial charge is 0.138 e. The van der Waals surface area contributed by atoms with Crippen molar-refractivity contribution in [3.8, 4) is 0 Å². The molecule has 0 bridgehead atoms. The van der Waals surface area contributed by atoms with Gasteiger partial charge in [-0.05, 0) is 37.6 Å². The lowest BCUT2D eigenvalue weighted by Crippen LogP contribution is -2.21. The summed E-state index contributed by atoms with van der Waals surface area (Å²) in [6.45, 7) is 12.7. The molecule has 1 aromatic rings. The normalized spacial score (nSPS) is 12.7. The first-order valence-electron chi connectivity index (χ1n) is 6.72. The van der Waals surface area contributed by atoms with Crippen LogP contribution in [0, 0.1) is 13.8 Å². The van der Waals surface area contributed by atoms with Crippen molar-refractivity contribution in [2.45, 2.75) is 46.3 Å². The molecule has 0 fully saturated rings. The molecule has 0 saturated heterocycles. The minimum absolute atomic E-state index is 0.470. The summed E-state index contributed by atoms with van der Waals surface area (Å²) in [5.74, 6) is 3.47. The second-order valence-electron chi connectivity index (χ2n) is 4.57. The summed E-state index contributed by atoms with van der Waals surface area (Å²) < 4.78 is 0. The fraction of sp³-hybridized carbons (Fsp3) is 0.714. The van der Waals surface area contributed by atoms with E-state index in [2.05, 4.69) is 49.9 Å². The van der Waals surface area contributed by atoms with Crippen molar-refractivity contribution in [1.29, 1.82) is 0 Å². The molecule has 0 spiro atoms. The number of rotatable bonds is 7. The van der Waals surface area contributed by atoms with Crippen LogP contribution in [0.25, 0.3) is 0 Å². The number of hydrogen-bond donors (Lipinski definition) is 1. The first kappa shape index (κ1) is 15.4. The molecule has 0 aliphatic rings. The Morgan fingerprint density at radius 3 is 2.28 bits per heavy atom. The molecule has 0 aliphatic carbocycles. The average Bonchev–Trinajstić information content (AvgIpc) is 2.33. The van der Waals surface area contributed by atoms with Gasteiger partial charge in [-0.3, -0.25) is 0 Å². The molecule has 1 rings (SSSR count). The monoisotopic (exact) mass is 267 g/mol. The lowest BCUT2D eigenvalue weighted by atomic mass is 9.98. The number of likely N-dealkylation sites (N-methyl/N-ethyl adjacent to an activating group) is 1. The highest BCUT2D eigenvalue weighted by Crippen LogP contribution is 2.21. The Morgan fingerprint density at radius 2 is 1.78 bits per heavy atom. The van der Waals surface area contributed by atoms with Crippen LogP contribution in [0.5, 0.6) is 0 Å². The molecule has 0 radical (unpaired) electrons. The Labute approximate surface area is 115 Å². The largest absolute Gasteiger partial charge is 0.316 e. The van der Waals surface area contributed by atoms with Gasteiger partial charge in [0.1, 0.15) is 5.82 Å². The van der Waals surface area contributed by atoms with Crippen molar-refractivity contribution in [3.63, 3.8) is 0 Å². The maximum Gasteiger partial charge on any atom is 0.138 e.